The van der Waals surface area contributed by atoms with Crippen molar-refractivity contribution in [2.24, 2.45) is 0 Å². The lowest BCUT2D eigenvalue weighted by molar-refractivity contribution is 0.393. The molecule has 0 aliphatic heterocycles. The second-order valence-electron chi connectivity index (χ2n) is 4.95. The van der Waals surface area contributed by atoms with Crippen LogP contribution in [0.4, 0.5) is 9.52 Å². The third kappa shape index (κ3) is 3.71. The lowest BCUT2D eigenvalue weighted by atomic mass is 10.1. The highest BCUT2D eigenvalue weighted by Crippen LogP contribution is 2.30. The van der Waals surface area contributed by atoms with Crippen molar-refractivity contribution < 1.29 is 9.13 Å². The summed E-state index contributed by atoms with van der Waals surface area (Å²) in [7, 11) is 5.49. The fraction of sp³-hybridized carbons (Fsp3) is 0.400. The molecule has 1 heterocycles. The Balaban J connectivity index is 2.07. The Kier molecular flexibility index (Phi) is 5.14. The van der Waals surface area contributed by atoms with Crippen molar-refractivity contribution in [2.45, 2.75) is 19.5 Å². The third-order valence-corrected chi connectivity index (χ3v) is 4.37. The number of aromatic nitrogens is 1. The van der Waals surface area contributed by atoms with Crippen LogP contribution in [0, 0.1) is 5.82 Å². The number of hydrogen-bond donors (Lipinski definition) is 1. The van der Waals surface area contributed by atoms with E-state index in [0.29, 0.717) is 18.0 Å². The molecule has 0 aliphatic rings. The Morgan fingerprint density at radius 2 is 2.10 bits per heavy atom. The lowest BCUT2D eigenvalue weighted by Crippen LogP contribution is -2.18. The van der Waals surface area contributed by atoms with Crippen LogP contribution in [0.1, 0.15) is 23.4 Å². The van der Waals surface area contributed by atoms with Crippen LogP contribution in [0.2, 0.25) is 0 Å². The Labute approximate surface area is 128 Å². The van der Waals surface area contributed by atoms with Crippen LogP contribution in [0.15, 0.2) is 24.3 Å². The fourth-order valence-electron chi connectivity index (χ4n) is 1.97. The van der Waals surface area contributed by atoms with Crippen LogP contribution < -0.4 is 15.0 Å². The molecule has 0 aliphatic carbocycles. The van der Waals surface area contributed by atoms with Gasteiger partial charge >= 0.3 is 0 Å². The van der Waals surface area contributed by atoms with Gasteiger partial charge in [0, 0.05) is 32.2 Å². The van der Waals surface area contributed by atoms with E-state index in [9.17, 15) is 4.39 Å². The second-order valence-corrected chi connectivity index (χ2v) is 6.01. The van der Waals surface area contributed by atoms with Gasteiger partial charge in [0.1, 0.15) is 5.82 Å². The number of nitrogens with zero attached hydrogens (tertiary/aromatic N) is 2. The zero-order valence-electron chi connectivity index (χ0n) is 12.7. The van der Waals surface area contributed by atoms with Gasteiger partial charge in [-0.1, -0.05) is 29.5 Å². The molecule has 0 saturated carbocycles. The van der Waals surface area contributed by atoms with Gasteiger partial charge in [0.25, 0.3) is 0 Å². The summed E-state index contributed by atoms with van der Waals surface area (Å²) in [6, 6.07) is 6.73. The van der Waals surface area contributed by atoms with E-state index in [1.807, 2.05) is 32.0 Å². The maximum absolute atomic E-state index is 13.7. The molecule has 0 fully saturated rings. The molecule has 6 heteroatoms. The molecule has 0 amide bonds. The van der Waals surface area contributed by atoms with Crippen molar-refractivity contribution >= 4 is 16.5 Å². The van der Waals surface area contributed by atoms with Crippen LogP contribution >= 0.6 is 11.3 Å². The maximum atomic E-state index is 13.7. The number of halogens is 1. The third-order valence-electron chi connectivity index (χ3n) is 3.17. The molecule has 2 rings (SSSR count). The molecule has 0 saturated heterocycles. The smallest absolute Gasteiger partial charge is 0.230 e. The molecule has 0 radical (unpaired) electrons. The number of anilines is 1. The van der Waals surface area contributed by atoms with E-state index in [4.69, 9.17) is 4.74 Å². The summed E-state index contributed by atoms with van der Waals surface area (Å²) in [6.45, 7) is 2.53. The molecule has 4 nitrogen and oxygen atoms in total. The number of benzene rings is 1. The second kappa shape index (κ2) is 6.87. The van der Waals surface area contributed by atoms with E-state index in [1.165, 1.54) is 6.07 Å². The number of methoxy groups -OCH3 is 1. The quantitative estimate of drug-likeness (QED) is 0.889. The SMILES string of the molecule is COc1nc(N(C)C)sc1CNC(C)c1ccccc1F. The van der Waals surface area contributed by atoms with E-state index < -0.39 is 0 Å². The van der Waals surface area contributed by atoms with E-state index in [0.717, 1.165) is 10.0 Å². The van der Waals surface area contributed by atoms with Gasteiger partial charge in [-0.15, -0.1) is 0 Å². The highest BCUT2D eigenvalue weighted by Gasteiger charge is 2.15. The van der Waals surface area contributed by atoms with Gasteiger partial charge in [-0.2, -0.15) is 4.98 Å². The predicted octanol–water partition coefficient (Wildman–Crippen LogP) is 3.21. The van der Waals surface area contributed by atoms with Crippen molar-refractivity contribution in [3.63, 3.8) is 0 Å². The van der Waals surface area contributed by atoms with Gasteiger partial charge in [-0.25, -0.2) is 4.39 Å². The summed E-state index contributed by atoms with van der Waals surface area (Å²) in [5, 5.41) is 4.21. The van der Waals surface area contributed by atoms with E-state index in [1.54, 1.807) is 30.6 Å². The molecule has 1 unspecified atom stereocenters. The molecule has 21 heavy (non-hydrogen) atoms. The van der Waals surface area contributed by atoms with Crippen molar-refractivity contribution in [3.8, 4) is 5.88 Å². The van der Waals surface area contributed by atoms with E-state index in [-0.39, 0.29) is 11.9 Å². The zero-order chi connectivity index (χ0) is 15.4. The topological polar surface area (TPSA) is 37.4 Å². The van der Waals surface area contributed by atoms with Gasteiger partial charge in [0.05, 0.1) is 12.0 Å². The molecule has 0 spiro atoms. The minimum Gasteiger partial charge on any atom is -0.480 e. The number of thiazole rings is 1. The summed E-state index contributed by atoms with van der Waals surface area (Å²) in [5.41, 5.74) is 0.661. The summed E-state index contributed by atoms with van der Waals surface area (Å²) < 4.78 is 19.0. The highest BCUT2D eigenvalue weighted by atomic mass is 32.1. The Hall–Kier alpha value is -1.66. The van der Waals surface area contributed by atoms with E-state index in [2.05, 4.69) is 10.3 Å². The van der Waals surface area contributed by atoms with Crippen LogP contribution in [-0.4, -0.2) is 26.2 Å². The molecular formula is C15H20FN3OS. The number of nitrogens with one attached hydrogen (secondary N) is 1. The van der Waals surface area contributed by atoms with Crippen molar-refractivity contribution in [3.05, 3.63) is 40.5 Å². The van der Waals surface area contributed by atoms with Gasteiger partial charge in [0.2, 0.25) is 5.88 Å². The normalized spacial score (nSPS) is 12.2. The van der Waals surface area contributed by atoms with E-state index >= 15 is 0 Å². The van der Waals surface area contributed by atoms with Crippen molar-refractivity contribution in [1.29, 1.82) is 0 Å². The molecule has 2 aromatic rings. The monoisotopic (exact) mass is 309 g/mol. The largest absolute Gasteiger partial charge is 0.480 e. The van der Waals surface area contributed by atoms with Crippen molar-refractivity contribution in [2.75, 3.05) is 26.1 Å². The summed E-state index contributed by atoms with van der Waals surface area (Å²) >= 11 is 1.57. The first-order valence-electron chi connectivity index (χ1n) is 6.71. The average molecular weight is 309 g/mol. The molecule has 0 bridgehead atoms. The Morgan fingerprint density at radius 1 is 1.38 bits per heavy atom. The molecular weight excluding hydrogens is 289 g/mol. The van der Waals surface area contributed by atoms with Gasteiger partial charge in [-0.3, -0.25) is 0 Å². The van der Waals surface area contributed by atoms with Crippen LogP contribution in [0.5, 0.6) is 5.88 Å². The van der Waals surface area contributed by atoms with Crippen molar-refractivity contribution in [1.82, 2.24) is 10.3 Å². The van der Waals surface area contributed by atoms with Crippen LogP contribution in [-0.2, 0) is 6.54 Å². The first kappa shape index (κ1) is 15.7. The lowest BCUT2D eigenvalue weighted by Gasteiger charge is -2.14. The Morgan fingerprint density at radius 3 is 2.71 bits per heavy atom. The minimum absolute atomic E-state index is 0.0826. The molecule has 1 N–H and O–H groups in total. The fourth-order valence-corrected chi connectivity index (χ4v) is 2.87. The Bertz CT molecular complexity index is 600. The number of ether oxygens (including phenoxy) is 1. The molecule has 1 aromatic heterocycles. The maximum Gasteiger partial charge on any atom is 0.230 e. The number of hydrogen-bond acceptors (Lipinski definition) is 5. The molecule has 1 aromatic carbocycles. The van der Waals surface area contributed by atoms with Gasteiger partial charge < -0.3 is 15.0 Å². The van der Waals surface area contributed by atoms with Crippen LogP contribution in [0.25, 0.3) is 0 Å². The standard InChI is InChI=1S/C15H20FN3OS/c1-10(11-7-5-6-8-12(11)16)17-9-13-14(20-4)18-15(21-13)19(2)3/h5-8,10,17H,9H2,1-4H3. The van der Waals surface area contributed by atoms with Crippen LogP contribution in [0.3, 0.4) is 0 Å². The first-order valence-corrected chi connectivity index (χ1v) is 7.53. The minimum atomic E-state index is -0.192. The number of rotatable bonds is 6. The summed E-state index contributed by atoms with van der Waals surface area (Å²) in [4.78, 5) is 7.35. The van der Waals surface area contributed by atoms with Gasteiger partial charge in [0.15, 0.2) is 5.13 Å². The zero-order valence-corrected chi connectivity index (χ0v) is 13.5. The summed E-state index contributed by atoms with van der Waals surface area (Å²) in [5.74, 6) is 0.430. The summed E-state index contributed by atoms with van der Waals surface area (Å²) in [6.07, 6.45) is 0. The van der Waals surface area contributed by atoms with Gasteiger partial charge in [-0.05, 0) is 13.0 Å². The molecule has 114 valence electrons. The molecule has 1 atom stereocenters. The average Bonchev–Trinajstić information content (AvgIpc) is 2.88. The predicted molar refractivity (Wildman–Crippen MR) is 84.6 cm³/mol. The first-order chi connectivity index (χ1) is 10.0. The highest BCUT2D eigenvalue weighted by molar-refractivity contribution is 7.15.